The third-order valence-corrected chi connectivity index (χ3v) is 23.5. The number of hydrogen-bond donors (Lipinski definition) is 6. The van der Waals surface area contributed by atoms with Crippen molar-refractivity contribution >= 4 is 187 Å². The fourth-order valence-corrected chi connectivity index (χ4v) is 14.1. The topological polar surface area (TPSA) is 327 Å². The lowest BCUT2D eigenvalue weighted by atomic mass is 9.95. The van der Waals surface area contributed by atoms with Gasteiger partial charge in [0.15, 0.2) is 0 Å². The summed E-state index contributed by atoms with van der Waals surface area (Å²) in [6, 6.07) is 19.1. The van der Waals surface area contributed by atoms with Crippen LogP contribution in [0.3, 0.4) is 0 Å². The van der Waals surface area contributed by atoms with E-state index in [-0.39, 0.29) is 98.5 Å². The van der Waals surface area contributed by atoms with Gasteiger partial charge in [-0.25, -0.2) is 18.0 Å². The molecule has 0 heterocycles. The summed E-state index contributed by atoms with van der Waals surface area (Å²) in [6.45, 7) is 31.9. The van der Waals surface area contributed by atoms with Crippen LogP contribution in [0.1, 0.15) is 161 Å². The minimum Gasteiger partial charge on any atom is -0.444 e. The zero-order valence-electron chi connectivity index (χ0n) is 67.0. The average Bonchev–Trinajstić information content (AvgIpc) is 1.59. The Hall–Kier alpha value is -7.41. The average molecular weight is 1880 g/mol. The second-order valence-electron chi connectivity index (χ2n) is 30.3. The number of halogens is 13. The third kappa shape index (κ3) is 34.2. The van der Waals surface area contributed by atoms with E-state index in [2.05, 4.69) is 37.3 Å². The number of amides is 6. The molecule has 38 heteroatoms. The first-order valence-electron chi connectivity index (χ1n) is 34.8. The molecule has 6 N–H and O–H groups in total. The molecule has 1 fully saturated rings. The number of nitrogens with one attached hydrogen (secondary N) is 6. The molecule has 118 heavy (non-hydrogen) atoms. The summed E-state index contributed by atoms with van der Waals surface area (Å²) in [5.74, 6) is -3.64. The van der Waals surface area contributed by atoms with E-state index in [0.29, 0.717) is 88.1 Å². The Kier molecular flexibility index (Phi) is 43.6. The van der Waals surface area contributed by atoms with E-state index in [4.69, 9.17) is 118 Å². The van der Waals surface area contributed by atoms with Crippen molar-refractivity contribution in [2.45, 2.75) is 211 Å². The highest BCUT2D eigenvalue weighted by Crippen LogP contribution is 2.58. The molecule has 0 aromatic heterocycles. The number of carbonyl (C=O) groups excluding carboxylic acids is 6. The van der Waals surface area contributed by atoms with E-state index in [1.54, 1.807) is 97.4 Å². The van der Waals surface area contributed by atoms with Gasteiger partial charge in [-0.3, -0.25) is 24.0 Å². The quantitative estimate of drug-likeness (QED) is 0.0249. The van der Waals surface area contributed by atoms with Crippen LogP contribution >= 0.6 is 152 Å². The van der Waals surface area contributed by atoms with E-state index < -0.39 is 62.9 Å². The zero-order chi connectivity index (χ0) is 90.4. The second-order valence-corrected chi connectivity index (χ2v) is 37.8. The van der Waals surface area contributed by atoms with Gasteiger partial charge in [0, 0.05) is 77.0 Å². The fourth-order valence-electron chi connectivity index (χ4n) is 8.86. The molecular weight excluding hydrogens is 1800 g/mol. The van der Waals surface area contributed by atoms with Crippen LogP contribution in [-0.4, -0.2) is 47.4 Å². The molecular formula is C80H85Cl7F6N12O7S6. The number of hydrogen-bond acceptors (Lipinski definition) is 19. The Labute approximate surface area is 744 Å². The number of rotatable bonds is 19. The lowest BCUT2D eigenvalue weighted by Gasteiger charge is -2.20. The van der Waals surface area contributed by atoms with Crippen molar-refractivity contribution in [3.05, 3.63) is 170 Å². The van der Waals surface area contributed by atoms with Crippen molar-refractivity contribution in [3.63, 3.8) is 0 Å². The summed E-state index contributed by atoms with van der Waals surface area (Å²) in [4.78, 5) is 72.4. The van der Waals surface area contributed by atoms with Crippen LogP contribution in [0.4, 0.5) is 31.1 Å². The Balaban J connectivity index is 0.000000480. The van der Waals surface area contributed by atoms with Crippen LogP contribution in [0, 0.1) is 122 Å². The van der Waals surface area contributed by atoms with Gasteiger partial charge in [-0.2, -0.15) is 44.7 Å². The summed E-state index contributed by atoms with van der Waals surface area (Å²) >= 11 is 46.9. The van der Waals surface area contributed by atoms with E-state index in [0.717, 1.165) is 68.5 Å². The third-order valence-electron chi connectivity index (χ3n) is 15.7. The van der Waals surface area contributed by atoms with Gasteiger partial charge >= 0.3 is 12.3 Å². The second kappa shape index (κ2) is 48.3. The SMILES string of the molecule is CC(C)(C)C(=O)NCc1ccc(Cl)c(SC#N)c1Cl.CC(C)(C)C(=O)NCc1ccc(Cl)c(SC#N)c1F.CC(C)(C)C(=O)NCc1ccc(F)c(SC#N)c1F.CC(C)(C)OC(=O)NCc1ccc(Cl)c(SC#N)c1Cl.Cc1ccc(CNC(=O)C(C)(C)C)c(C)c1SC#N.N#CSc1c(Cl)ccc(CNC(=O)C2(C(F)(F)F)CC2)c1Cl. The van der Waals surface area contributed by atoms with Gasteiger partial charge in [0.25, 0.3) is 0 Å². The number of carbonyl (C=O) groups is 6. The largest absolute Gasteiger partial charge is 0.444 e. The zero-order valence-corrected chi connectivity index (χ0v) is 77.2. The predicted octanol–water partition coefficient (Wildman–Crippen LogP) is 23.8. The lowest BCUT2D eigenvalue weighted by molar-refractivity contribution is -0.192. The number of alkyl halides is 3. The van der Waals surface area contributed by atoms with E-state index in [1.165, 1.54) is 42.1 Å². The minimum atomic E-state index is -4.55. The van der Waals surface area contributed by atoms with Crippen molar-refractivity contribution in [1.82, 2.24) is 31.9 Å². The number of benzene rings is 6. The predicted molar refractivity (Wildman–Crippen MR) is 460 cm³/mol. The first kappa shape index (κ1) is 107. The molecule has 0 spiro atoms. The maximum Gasteiger partial charge on any atom is 0.407 e. The molecule has 6 aromatic rings. The van der Waals surface area contributed by atoms with Gasteiger partial charge in [-0.1, -0.05) is 207 Å². The molecule has 0 aliphatic heterocycles. The van der Waals surface area contributed by atoms with Crippen LogP contribution in [0.2, 0.25) is 35.2 Å². The van der Waals surface area contributed by atoms with E-state index in [1.807, 2.05) is 83.7 Å². The molecule has 6 aromatic carbocycles. The van der Waals surface area contributed by atoms with Gasteiger partial charge < -0.3 is 36.6 Å². The van der Waals surface area contributed by atoms with Crippen LogP contribution in [0.15, 0.2) is 102 Å². The highest BCUT2D eigenvalue weighted by Gasteiger charge is 2.68. The number of nitriles is 6. The number of aryl methyl sites for hydroxylation is 1. The summed E-state index contributed by atoms with van der Waals surface area (Å²) in [7, 11) is 0. The Morgan fingerprint density at radius 3 is 0.983 bits per heavy atom. The Morgan fingerprint density at radius 1 is 0.381 bits per heavy atom. The molecule has 0 unspecified atom stereocenters. The standard InChI is InChI=1S/C15H20N2OS.C13H9Cl2F3N2OS.C13H14Cl2N2O2S.C13H14Cl2N2OS.C13H14ClFN2OS.C13H14F2N2OS/c1-10-6-7-12(11(2)13(10)19-9-16)8-17-14(18)15(3,4)5;14-8-2-1-7(9(15)10(8)22-6-19)5-20-11(21)12(3-4-12)13(16,17)18;1-13(2,3)19-12(18)17-6-8-4-5-9(14)11(10(8)15)20-7-16;3*1-13(2,3)12(18)17-6-8-4-5-9(14)11(10(8)15)19-7-16/h6-7H,8H2,1-5H3,(H,17,18);1-2H,3-5H2,(H,20,21);4-5H,6H2,1-3H3,(H,17,18);3*4-5H,6H2,1-3H3,(H,17,18). The number of nitrogens with zero attached hydrogens (tertiary/aromatic N) is 6. The maximum absolute atomic E-state index is 14.1. The molecule has 0 bridgehead atoms. The molecule has 6 amide bonds. The molecule has 19 nitrogen and oxygen atoms in total. The Bertz CT molecular complexity index is 4510. The molecule has 1 aliphatic rings. The summed E-state index contributed by atoms with van der Waals surface area (Å²) < 4.78 is 84.9. The summed E-state index contributed by atoms with van der Waals surface area (Å²) in [6.07, 6.45) is -5.49. The van der Waals surface area contributed by atoms with Gasteiger partial charge in [0.1, 0.15) is 60.9 Å². The van der Waals surface area contributed by atoms with E-state index >= 15 is 0 Å². The van der Waals surface area contributed by atoms with E-state index in [9.17, 15) is 55.1 Å². The molecule has 0 atom stereocenters. The monoisotopic (exact) mass is 1880 g/mol. The van der Waals surface area contributed by atoms with Crippen molar-refractivity contribution in [1.29, 1.82) is 31.6 Å². The Morgan fingerprint density at radius 2 is 0.653 bits per heavy atom. The lowest BCUT2D eigenvalue weighted by Crippen LogP contribution is -2.40. The molecule has 0 saturated heterocycles. The molecule has 0 radical (unpaired) electrons. The van der Waals surface area contributed by atoms with Crippen molar-refractivity contribution in [3.8, 4) is 32.4 Å². The minimum absolute atomic E-state index is 0.0296. The first-order chi connectivity index (χ1) is 54.5. The molecule has 1 aliphatic carbocycles. The molecule has 634 valence electrons. The van der Waals surface area contributed by atoms with Gasteiger partial charge in [0.2, 0.25) is 29.5 Å². The number of thiocyanates is 6. The van der Waals surface area contributed by atoms with Gasteiger partial charge in [-0.15, -0.1) is 0 Å². The number of ether oxygens (including phenoxy) is 1. The van der Waals surface area contributed by atoms with Gasteiger partial charge in [-0.05, 0) is 182 Å². The maximum atomic E-state index is 14.1. The van der Waals surface area contributed by atoms with Crippen molar-refractivity contribution < 1.29 is 59.8 Å². The van der Waals surface area contributed by atoms with Crippen LogP contribution in [-0.2, 0) is 68.0 Å². The van der Waals surface area contributed by atoms with Crippen LogP contribution in [0.25, 0.3) is 0 Å². The molecule has 7 rings (SSSR count). The van der Waals surface area contributed by atoms with Crippen LogP contribution in [0.5, 0.6) is 0 Å². The summed E-state index contributed by atoms with van der Waals surface area (Å²) in [5, 5.41) is 81.3. The van der Waals surface area contributed by atoms with Crippen molar-refractivity contribution in [2.75, 3.05) is 0 Å². The highest BCUT2D eigenvalue weighted by atomic mass is 35.5. The smallest absolute Gasteiger partial charge is 0.407 e. The fraction of sp³-hybridized carbons (Fsp3) is 0.400. The summed E-state index contributed by atoms with van der Waals surface area (Å²) in [5.41, 5.74) is 0.690. The van der Waals surface area contributed by atoms with Crippen LogP contribution < -0.4 is 31.9 Å². The molecule has 1 saturated carbocycles. The highest BCUT2D eigenvalue weighted by molar-refractivity contribution is 8.05. The normalized spacial score (nSPS) is 11.9. The van der Waals surface area contributed by atoms with Gasteiger partial charge in [0.05, 0.1) is 59.6 Å². The first-order valence-corrected chi connectivity index (χ1v) is 42.3. The number of thioether (sulfide) groups is 6. The van der Waals surface area contributed by atoms with Crippen molar-refractivity contribution in [2.24, 2.45) is 27.1 Å². The number of alkyl carbamates (subject to hydrolysis) is 1.